The van der Waals surface area contributed by atoms with Gasteiger partial charge in [0.25, 0.3) is 0 Å². The predicted molar refractivity (Wildman–Crippen MR) is 94.0 cm³/mol. The summed E-state index contributed by atoms with van der Waals surface area (Å²) in [6.45, 7) is 2.91. The van der Waals surface area contributed by atoms with Gasteiger partial charge in [-0.1, -0.05) is 0 Å². The van der Waals surface area contributed by atoms with Crippen LogP contribution in [0.2, 0.25) is 0 Å². The molecule has 1 aliphatic rings. The van der Waals surface area contributed by atoms with Crippen LogP contribution < -0.4 is 5.32 Å². The maximum atomic E-state index is 13.4. The highest BCUT2D eigenvalue weighted by Crippen LogP contribution is 2.30. The van der Waals surface area contributed by atoms with E-state index in [2.05, 4.69) is 15.3 Å². The number of halogens is 1. The average Bonchev–Trinajstić information content (AvgIpc) is 3.05. The smallest absolute Gasteiger partial charge is 0.318 e. The molecule has 7 nitrogen and oxygen atoms in total. The lowest BCUT2D eigenvalue weighted by Crippen LogP contribution is -2.45. The van der Waals surface area contributed by atoms with Gasteiger partial charge in [-0.25, -0.2) is 14.2 Å². The van der Waals surface area contributed by atoms with E-state index in [4.69, 9.17) is 4.74 Å². The van der Waals surface area contributed by atoms with Crippen LogP contribution in [0.25, 0.3) is 11.0 Å². The summed E-state index contributed by atoms with van der Waals surface area (Å²) in [5, 5.41) is 2.77. The van der Waals surface area contributed by atoms with Crippen LogP contribution in [0.1, 0.15) is 44.5 Å². The first-order chi connectivity index (χ1) is 12.6. The summed E-state index contributed by atoms with van der Waals surface area (Å²) in [7, 11) is 0. The van der Waals surface area contributed by atoms with E-state index >= 15 is 0 Å². The summed E-state index contributed by atoms with van der Waals surface area (Å²) >= 11 is 0. The monoisotopic (exact) mass is 362 g/mol. The van der Waals surface area contributed by atoms with Crippen LogP contribution in [0.5, 0.6) is 0 Å². The fraction of sp³-hybridized carbons (Fsp3) is 0.500. The van der Waals surface area contributed by atoms with Crippen LogP contribution >= 0.6 is 0 Å². The third kappa shape index (κ3) is 4.12. The lowest BCUT2D eigenvalue weighted by molar-refractivity contribution is -0.142. The lowest BCUT2D eigenvalue weighted by atomic mass is 10.0. The van der Waals surface area contributed by atoms with Gasteiger partial charge in [0.1, 0.15) is 11.6 Å². The number of ether oxygens (including phenoxy) is 1. The van der Waals surface area contributed by atoms with E-state index in [1.807, 2.05) is 0 Å². The summed E-state index contributed by atoms with van der Waals surface area (Å²) < 4.78 is 18.2. The Kier molecular flexibility index (Phi) is 5.70. The molecule has 0 unspecified atom stereocenters. The molecule has 1 saturated heterocycles. The number of hydrogen-bond acceptors (Lipinski definition) is 4. The predicted octanol–water partition coefficient (Wildman–Crippen LogP) is 2.89. The maximum Gasteiger partial charge on any atom is 0.318 e. The average molecular weight is 362 g/mol. The summed E-state index contributed by atoms with van der Waals surface area (Å²) in [6, 6.07) is 3.97. The van der Waals surface area contributed by atoms with Gasteiger partial charge < -0.3 is 19.9 Å². The number of nitrogens with zero attached hydrogens (tertiary/aromatic N) is 2. The van der Waals surface area contributed by atoms with E-state index in [1.165, 1.54) is 12.1 Å². The van der Waals surface area contributed by atoms with Crippen molar-refractivity contribution in [3.05, 3.63) is 29.8 Å². The number of piperidine rings is 1. The fourth-order valence-electron chi connectivity index (χ4n) is 3.22. The number of rotatable bonds is 5. The molecule has 0 aliphatic carbocycles. The number of amides is 2. The largest absolute Gasteiger partial charge is 0.466 e. The van der Waals surface area contributed by atoms with Gasteiger partial charge in [-0.3, -0.25) is 4.79 Å². The number of urea groups is 1. The first-order valence-electron chi connectivity index (χ1n) is 8.93. The number of likely N-dealkylation sites (tertiary alicyclic amines) is 1. The van der Waals surface area contributed by atoms with Crippen LogP contribution in [-0.4, -0.2) is 46.6 Å². The molecule has 2 amide bonds. The van der Waals surface area contributed by atoms with Gasteiger partial charge >= 0.3 is 12.0 Å². The molecule has 0 spiro atoms. The van der Waals surface area contributed by atoms with Crippen LogP contribution in [-0.2, 0) is 9.53 Å². The number of aromatic nitrogens is 2. The minimum Gasteiger partial charge on any atom is -0.466 e. The van der Waals surface area contributed by atoms with Crippen molar-refractivity contribution in [3.8, 4) is 0 Å². The Labute approximate surface area is 150 Å². The zero-order valence-electron chi connectivity index (χ0n) is 14.8. The number of carbonyl (C=O) groups is 2. The second-order valence-electron chi connectivity index (χ2n) is 6.28. The Bertz CT molecular complexity index is 792. The normalized spacial score (nSPS) is 17.3. The second-order valence-corrected chi connectivity index (χ2v) is 6.28. The summed E-state index contributed by atoms with van der Waals surface area (Å²) in [5.74, 6) is -0.00180. The van der Waals surface area contributed by atoms with Crippen molar-refractivity contribution in [1.82, 2.24) is 20.2 Å². The zero-order valence-corrected chi connectivity index (χ0v) is 14.8. The van der Waals surface area contributed by atoms with Crippen molar-refractivity contribution < 1.29 is 18.7 Å². The van der Waals surface area contributed by atoms with Crippen molar-refractivity contribution in [3.63, 3.8) is 0 Å². The molecule has 2 heterocycles. The van der Waals surface area contributed by atoms with Gasteiger partial charge in [-0.2, -0.15) is 0 Å². The van der Waals surface area contributed by atoms with Gasteiger partial charge in [-0.15, -0.1) is 0 Å². The molecule has 0 saturated carbocycles. The van der Waals surface area contributed by atoms with Crippen LogP contribution in [0, 0.1) is 5.82 Å². The molecule has 1 aromatic carbocycles. The molecule has 8 heteroatoms. The summed E-state index contributed by atoms with van der Waals surface area (Å²) in [6.07, 6.45) is 2.83. The molecule has 1 aliphatic heterocycles. The topological polar surface area (TPSA) is 87.3 Å². The van der Waals surface area contributed by atoms with E-state index in [0.29, 0.717) is 30.0 Å². The molecule has 3 rings (SSSR count). The van der Waals surface area contributed by atoms with Crippen molar-refractivity contribution in [2.24, 2.45) is 0 Å². The molecule has 140 valence electrons. The summed E-state index contributed by atoms with van der Waals surface area (Å²) in [4.78, 5) is 33.3. The van der Waals surface area contributed by atoms with E-state index in [9.17, 15) is 14.0 Å². The van der Waals surface area contributed by atoms with Crippen molar-refractivity contribution in [1.29, 1.82) is 0 Å². The maximum absolute atomic E-state index is 13.4. The SMILES string of the molecule is CCOC(=O)CCNC(=O)N1CCCC[C@H]1c1nc2ccc(F)cc2[nH]1. The van der Waals surface area contributed by atoms with Crippen LogP contribution in [0.4, 0.5) is 9.18 Å². The zero-order chi connectivity index (χ0) is 18.5. The van der Waals surface area contributed by atoms with Gasteiger partial charge in [0.2, 0.25) is 0 Å². The van der Waals surface area contributed by atoms with E-state index in [0.717, 1.165) is 19.3 Å². The molecule has 26 heavy (non-hydrogen) atoms. The van der Waals surface area contributed by atoms with Crippen molar-refractivity contribution >= 4 is 23.0 Å². The van der Waals surface area contributed by atoms with E-state index < -0.39 is 0 Å². The standard InChI is InChI=1S/C18H23FN4O3/c1-2-26-16(24)8-9-20-18(25)23-10-4-3-5-15(23)17-21-13-7-6-12(19)11-14(13)22-17/h6-7,11,15H,2-5,8-10H2,1H3,(H,20,25)(H,21,22)/t15-/m0/s1. The highest BCUT2D eigenvalue weighted by molar-refractivity contribution is 5.77. The van der Waals surface area contributed by atoms with E-state index in [-0.39, 0.29) is 36.8 Å². The number of carbonyl (C=O) groups excluding carboxylic acids is 2. The van der Waals surface area contributed by atoms with Crippen molar-refractivity contribution in [2.45, 2.75) is 38.6 Å². The molecular weight excluding hydrogens is 339 g/mol. The van der Waals surface area contributed by atoms with Crippen molar-refractivity contribution in [2.75, 3.05) is 19.7 Å². The van der Waals surface area contributed by atoms with Crippen LogP contribution in [0.15, 0.2) is 18.2 Å². The highest BCUT2D eigenvalue weighted by Gasteiger charge is 2.30. The lowest BCUT2D eigenvalue weighted by Gasteiger charge is -2.34. The molecular formula is C18H23FN4O3. The number of imidazole rings is 1. The number of aromatic amines is 1. The number of fused-ring (bicyclic) bond motifs is 1. The minimum absolute atomic E-state index is 0.141. The van der Waals surface area contributed by atoms with Gasteiger partial charge in [-0.05, 0) is 44.4 Å². The number of esters is 1. The van der Waals surface area contributed by atoms with Gasteiger partial charge in [0.05, 0.1) is 30.1 Å². The first kappa shape index (κ1) is 18.2. The molecule has 1 atom stereocenters. The third-order valence-corrected chi connectivity index (χ3v) is 4.45. The van der Waals surface area contributed by atoms with E-state index in [1.54, 1.807) is 17.9 Å². The Morgan fingerprint density at radius 3 is 3.08 bits per heavy atom. The summed E-state index contributed by atoms with van der Waals surface area (Å²) in [5.41, 5.74) is 1.29. The first-order valence-corrected chi connectivity index (χ1v) is 8.93. The Morgan fingerprint density at radius 2 is 2.27 bits per heavy atom. The number of benzene rings is 1. The molecule has 0 bridgehead atoms. The third-order valence-electron chi connectivity index (χ3n) is 4.45. The minimum atomic E-state index is -0.331. The van der Waals surface area contributed by atoms with Gasteiger partial charge in [0.15, 0.2) is 0 Å². The Hall–Kier alpha value is -2.64. The number of nitrogens with one attached hydrogen (secondary N) is 2. The molecule has 1 fully saturated rings. The number of hydrogen-bond donors (Lipinski definition) is 2. The van der Waals surface area contributed by atoms with Crippen LogP contribution in [0.3, 0.4) is 0 Å². The number of H-pyrrole nitrogens is 1. The molecule has 1 aromatic heterocycles. The highest BCUT2D eigenvalue weighted by atomic mass is 19.1. The Morgan fingerprint density at radius 1 is 1.42 bits per heavy atom. The Balaban J connectivity index is 1.68. The molecule has 2 aromatic rings. The van der Waals surface area contributed by atoms with Gasteiger partial charge in [0, 0.05) is 13.1 Å². The quantitative estimate of drug-likeness (QED) is 0.801. The second kappa shape index (κ2) is 8.16. The molecule has 2 N–H and O–H groups in total. The fourth-order valence-corrected chi connectivity index (χ4v) is 3.22. The molecule has 0 radical (unpaired) electrons.